The van der Waals surface area contributed by atoms with E-state index < -0.39 is 5.60 Å². The molecule has 0 bridgehead atoms. The van der Waals surface area contributed by atoms with E-state index >= 15 is 0 Å². The summed E-state index contributed by atoms with van der Waals surface area (Å²) in [6, 6.07) is 0.0784. The van der Waals surface area contributed by atoms with Crippen molar-refractivity contribution in [1.29, 1.82) is 0 Å². The maximum absolute atomic E-state index is 11.7. The summed E-state index contributed by atoms with van der Waals surface area (Å²) in [6.07, 6.45) is 0.484. The number of nitrogens with one attached hydrogen (secondary N) is 1. The van der Waals surface area contributed by atoms with Gasteiger partial charge in [0.25, 0.3) is 0 Å². The lowest BCUT2D eigenvalue weighted by atomic mass is 10.2. The molecule has 1 amide bonds. The molecule has 1 aliphatic heterocycles. The Morgan fingerprint density at radius 1 is 1.40 bits per heavy atom. The maximum atomic E-state index is 11.7. The first kappa shape index (κ1) is 16.8. The average Bonchev–Trinajstić information content (AvgIpc) is 2.72. The topological polar surface area (TPSA) is 67.9 Å². The molecule has 1 heterocycles. The lowest BCUT2D eigenvalue weighted by Crippen LogP contribution is -2.41. The zero-order valence-corrected chi connectivity index (χ0v) is 13.1. The number of methoxy groups -OCH3 is 1. The molecule has 1 saturated heterocycles. The van der Waals surface area contributed by atoms with Gasteiger partial charge in [0, 0.05) is 25.7 Å². The molecule has 6 heteroatoms. The van der Waals surface area contributed by atoms with Crippen LogP contribution in [0.3, 0.4) is 0 Å². The van der Waals surface area contributed by atoms with Crippen molar-refractivity contribution in [2.24, 2.45) is 5.92 Å². The van der Waals surface area contributed by atoms with Crippen LogP contribution in [0, 0.1) is 5.92 Å². The highest BCUT2D eigenvalue weighted by Gasteiger charge is 2.28. The lowest BCUT2D eigenvalue weighted by molar-refractivity contribution is -0.145. The number of rotatable bonds is 4. The second-order valence-electron chi connectivity index (χ2n) is 6.32. The van der Waals surface area contributed by atoms with E-state index in [1.54, 1.807) is 0 Å². The first-order chi connectivity index (χ1) is 9.21. The van der Waals surface area contributed by atoms with Crippen molar-refractivity contribution in [3.8, 4) is 0 Å². The number of alkyl carbamates (subject to hydrolysis) is 1. The van der Waals surface area contributed by atoms with Gasteiger partial charge >= 0.3 is 12.1 Å². The lowest BCUT2D eigenvalue weighted by Gasteiger charge is -2.22. The van der Waals surface area contributed by atoms with E-state index in [-0.39, 0.29) is 24.0 Å². The smallest absolute Gasteiger partial charge is 0.407 e. The van der Waals surface area contributed by atoms with Crippen molar-refractivity contribution in [2.75, 3.05) is 26.7 Å². The number of carbonyl (C=O) groups is 2. The Kier molecular flexibility index (Phi) is 5.80. The van der Waals surface area contributed by atoms with E-state index in [1.807, 2.05) is 27.7 Å². The minimum atomic E-state index is -0.484. The molecule has 0 spiro atoms. The number of esters is 1. The fraction of sp³-hybridized carbons (Fsp3) is 0.857. The van der Waals surface area contributed by atoms with Crippen LogP contribution in [0.4, 0.5) is 4.79 Å². The molecule has 0 aromatic heterocycles. The van der Waals surface area contributed by atoms with Gasteiger partial charge in [0.05, 0.1) is 13.0 Å². The molecule has 1 rings (SSSR count). The normalized spacial score (nSPS) is 21.4. The second kappa shape index (κ2) is 6.92. The fourth-order valence-corrected chi connectivity index (χ4v) is 2.25. The Bertz CT molecular complexity index is 352. The van der Waals surface area contributed by atoms with Gasteiger partial charge in [0.15, 0.2) is 0 Å². The van der Waals surface area contributed by atoms with Crippen LogP contribution in [0.1, 0.15) is 34.1 Å². The highest BCUT2D eigenvalue weighted by atomic mass is 16.6. The molecule has 0 saturated carbocycles. The summed E-state index contributed by atoms with van der Waals surface area (Å²) in [5.41, 5.74) is -0.484. The van der Waals surface area contributed by atoms with Crippen molar-refractivity contribution in [1.82, 2.24) is 10.2 Å². The quantitative estimate of drug-likeness (QED) is 0.791. The number of hydrogen-bond acceptors (Lipinski definition) is 5. The van der Waals surface area contributed by atoms with E-state index in [0.29, 0.717) is 6.54 Å². The van der Waals surface area contributed by atoms with E-state index in [1.165, 1.54) is 7.11 Å². The van der Waals surface area contributed by atoms with Crippen molar-refractivity contribution in [2.45, 2.75) is 45.8 Å². The van der Waals surface area contributed by atoms with Crippen LogP contribution in [0.2, 0.25) is 0 Å². The molecule has 0 aromatic carbocycles. The van der Waals surface area contributed by atoms with Gasteiger partial charge in [0.1, 0.15) is 5.60 Å². The summed E-state index contributed by atoms with van der Waals surface area (Å²) in [5.74, 6) is -0.353. The van der Waals surface area contributed by atoms with E-state index in [2.05, 4.69) is 10.2 Å². The van der Waals surface area contributed by atoms with Crippen molar-refractivity contribution in [3.63, 3.8) is 0 Å². The van der Waals surface area contributed by atoms with Gasteiger partial charge in [-0.25, -0.2) is 4.79 Å². The summed E-state index contributed by atoms with van der Waals surface area (Å²) in [7, 11) is 1.40. The van der Waals surface area contributed by atoms with E-state index in [4.69, 9.17) is 9.47 Å². The Labute approximate surface area is 120 Å². The SMILES string of the molecule is COC(=O)[C@@H](C)CN1CC[C@H](NC(=O)OC(C)(C)C)C1. The molecule has 0 aliphatic carbocycles. The minimum absolute atomic E-state index is 0.0784. The zero-order chi connectivity index (χ0) is 15.3. The summed E-state index contributed by atoms with van der Waals surface area (Å²) >= 11 is 0. The van der Waals surface area contributed by atoms with Gasteiger partial charge in [-0.1, -0.05) is 6.92 Å². The molecule has 1 aliphatic rings. The Morgan fingerprint density at radius 2 is 2.05 bits per heavy atom. The molecule has 0 radical (unpaired) electrons. The molecule has 2 atom stereocenters. The maximum Gasteiger partial charge on any atom is 0.407 e. The zero-order valence-electron chi connectivity index (χ0n) is 13.1. The number of nitrogens with zero attached hydrogens (tertiary/aromatic N) is 1. The molecule has 6 nitrogen and oxygen atoms in total. The van der Waals surface area contributed by atoms with Gasteiger partial charge in [0.2, 0.25) is 0 Å². The summed E-state index contributed by atoms with van der Waals surface area (Å²) in [6.45, 7) is 9.62. The molecular weight excluding hydrogens is 260 g/mol. The van der Waals surface area contributed by atoms with Crippen molar-refractivity contribution in [3.05, 3.63) is 0 Å². The molecule has 0 aromatic rings. The third-order valence-corrected chi connectivity index (χ3v) is 3.13. The molecule has 116 valence electrons. The summed E-state index contributed by atoms with van der Waals surface area (Å²) < 4.78 is 9.94. The van der Waals surface area contributed by atoms with Crippen LogP contribution in [0.25, 0.3) is 0 Å². The Morgan fingerprint density at radius 3 is 2.60 bits per heavy atom. The number of amides is 1. The summed E-state index contributed by atoms with van der Waals surface area (Å²) in [4.78, 5) is 25.2. The molecule has 1 N–H and O–H groups in total. The molecule has 0 unspecified atom stereocenters. The minimum Gasteiger partial charge on any atom is -0.469 e. The van der Waals surface area contributed by atoms with E-state index in [0.717, 1.165) is 19.5 Å². The van der Waals surface area contributed by atoms with E-state index in [9.17, 15) is 9.59 Å². The van der Waals surface area contributed by atoms with Gasteiger partial charge in [-0.2, -0.15) is 0 Å². The van der Waals surface area contributed by atoms with Crippen LogP contribution in [0.15, 0.2) is 0 Å². The number of hydrogen-bond donors (Lipinski definition) is 1. The standard InChI is InChI=1S/C14H26N2O4/c1-10(12(17)19-5)8-16-7-6-11(9-16)15-13(18)20-14(2,3)4/h10-11H,6-9H2,1-5H3,(H,15,18)/t10-,11-/m0/s1. The monoisotopic (exact) mass is 286 g/mol. The highest BCUT2D eigenvalue weighted by Crippen LogP contribution is 2.13. The Hall–Kier alpha value is -1.30. The van der Waals surface area contributed by atoms with Crippen molar-refractivity contribution < 1.29 is 19.1 Å². The predicted molar refractivity (Wildman–Crippen MR) is 75.4 cm³/mol. The van der Waals surface area contributed by atoms with Gasteiger partial charge in [-0.05, 0) is 27.2 Å². The molecule has 20 heavy (non-hydrogen) atoms. The van der Waals surface area contributed by atoms with Crippen LogP contribution in [-0.4, -0.2) is 55.3 Å². The third-order valence-electron chi connectivity index (χ3n) is 3.13. The largest absolute Gasteiger partial charge is 0.469 e. The second-order valence-corrected chi connectivity index (χ2v) is 6.32. The molecule has 1 fully saturated rings. The average molecular weight is 286 g/mol. The number of carbonyl (C=O) groups excluding carboxylic acids is 2. The highest BCUT2D eigenvalue weighted by molar-refractivity contribution is 5.72. The van der Waals surface area contributed by atoms with Gasteiger partial charge in [-0.3, -0.25) is 4.79 Å². The summed E-state index contributed by atoms with van der Waals surface area (Å²) in [5, 5.41) is 2.86. The van der Waals surface area contributed by atoms with Crippen LogP contribution >= 0.6 is 0 Å². The fourth-order valence-electron chi connectivity index (χ4n) is 2.25. The number of ether oxygens (including phenoxy) is 2. The first-order valence-corrected chi connectivity index (χ1v) is 7.01. The van der Waals surface area contributed by atoms with Crippen LogP contribution in [-0.2, 0) is 14.3 Å². The van der Waals surface area contributed by atoms with Crippen LogP contribution < -0.4 is 5.32 Å². The van der Waals surface area contributed by atoms with Gasteiger partial charge < -0.3 is 19.7 Å². The first-order valence-electron chi connectivity index (χ1n) is 7.01. The third kappa shape index (κ3) is 5.77. The Balaban J connectivity index is 2.33. The predicted octanol–water partition coefficient (Wildman–Crippen LogP) is 1.39. The van der Waals surface area contributed by atoms with Crippen LogP contribution in [0.5, 0.6) is 0 Å². The molecular formula is C14H26N2O4. The van der Waals surface area contributed by atoms with Gasteiger partial charge in [-0.15, -0.1) is 0 Å². The number of likely N-dealkylation sites (tertiary alicyclic amines) is 1. The van der Waals surface area contributed by atoms with Crippen molar-refractivity contribution >= 4 is 12.1 Å².